The van der Waals surface area contributed by atoms with Crippen LogP contribution in [-0.4, -0.2) is 38.7 Å². The third-order valence-corrected chi connectivity index (χ3v) is 3.21. The number of anilines is 1. The Balaban J connectivity index is 1.71. The molecular formula is C13H14N6O. The van der Waals surface area contributed by atoms with Gasteiger partial charge in [0.15, 0.2) is 5.82 Å². The second-order valence-corrected chi connectivity index (χ2v) is 4.53. The van der Waals surface area contributed by atoms with Crippen LogP contribution in [0.4, 0.5) is 5.69 Å². The predicted molar refractivity (Wildman–Crippen MR) is 73.4 cm³/mol. The van der Waals surface area contributed by atoms with E-state index >= 15 is 0 Å². The molecule has 3 heterocycles. The first-order valence-electron chi connectivity index (χ1n) is 6.26. The van der Waals surface area contributed by atoms with Gasteiger partial charge in [-0.25, -0.2) is 14.6 Å². The van der Waals surface area contributed by atoms with E-state index in [0.717, 1.165) is 24.2 Å². The lowest BCUT2D eigenvalue weighted by molar-refractivity contribution is -0.112. The quantitative estimate of drug-likeness (QED) is 0.794. The number of carbonyl (C=O) groups excluding carboxylic acids is 1. The van der Waals surface area contributed by atoms with E-state index in [9.17, 15) is 4.79 Å². The molecule has 0 radical (unpaired) electrons. The number of amides is 1. The number of nitrogens with one attached hydrogen (secondary N) is 2. The molecule has 7 heteroatoms. The van der Waals surface area contributed by atoms with E-state index in [1.54, 1.807) is 29.3 Å². The van der Waals surface area contributed by atoms with Crippen LogP contribution in [0.2, 0.25) is 0 Å². The lowest BCUT2D eigenvalue weighted by atomic mass is 10.0. The maximum absolute atomic E-state index is 12.0. The second-order valence-electron chi connectivity index (χ2n) is 4.53. The van der Waals surface area contributed by atoms with Crippen molar-refractivity contribution in [1.29, 1.82) is 0 Å². The fourth-order valence-electron chi connectivity index (χ4n) is 1.82. The third-order valence-electron chi connectivity index (χ3n) is 3.21. The molecule has 0 aliphatic carbocycles. The van der Waals surface area contributed by atoms with Crippen LogP contribution in [0.1, 0.15) is 6.92 Å². The Morgan fingerprint density at radius 2 is 2.25 bits per heavy atom. The van der Waals surface area contributed by atoms with Gasteiger partial charge < -0.3 is 10.6 Å². The van der Waals surface area contributed by atoms with Crippen molar-refractivity contribution >= 4 is 11.6 Å². The molecule has 3 rings (SSSR count). The van der Waals surface area contributed by atoms with E-state index in [1.165, 1.54) is 6.33 Å². The van der Waals surface area contributed by atoms with Gasteiger partial charge in [0, 0.05) is 18.7 Å². The van der Waals surface area contributed by atoms with Crippen LogP contribution in [0.3, 0.4) is 0 Å². The van der Waals surface area contributed by atoms with Crippen molar-refractivity contribution in [3.63, 3.8) is 0 Å². The summed E-state index contributed by atoms with van der Waals surface area (Å²) in [6.45, 7) is 3.42. The summed E-state index contributed by atoms with van der Waals surface area (Å²) in [5.41, 5.74) is 2.57. The Morgan fingerprint density at radius 1 is 1.40 bits per heavy atom. The molecule has 1 aliphatic rings. The zero-order chi connectivity index (χ0) is 13.9. The van der Waals surface area contributed by atoms with Crippen molar-refractivity contribution in [1.82, 2.24) is 25.1 Å². The van der Waals surface area contributed by atoms with E-state index in [-0.39, 0.29) is 5.91 Å². The molecule has 2 N–H and O–H groups in total. The van der Waals surface area contributed by atoms with Crippen molar-refractivity contribution in [2.75, 3.05) is 18.4 Å². The summed E-state index contributed by atoms with van der Waals surface area (Å²) in [5, 5.41) is 9.94. The smallest absolute Gasteiger partial charge is 0.251 e. The molecule has 2 aromatic rings. The summed E-state index contributed by atoms with van der Waals surface area (Å²) in [4.78, 5) is 20.1. The van der Waals surface area contributed by atoms with Crippen molar-refractivity contribution in [2.45, 2.75) is 6.92 Å². The molecule has 0 saturated carbocycles. The van der Waals surface area contributed by atoms with Crippen LogP contribution in [0.25, 0.3) is 5.82 Å². The van der Waals surface area contributed by atoms with E-state index in [1.807, 2.05) is 6.92 Å². The molecule has 7 nitrogen and oxygen atoms in total. The Hall–Kier alpha value is -2.54. The second kappa shape index (κ2) is 5.22. The molecular weight excluding hydrogens is 256 g/mol. The SMILES string of the molecule is CC(C(=O)Nc1ccc(-n2cncn2)nc1)=C1CNC1. The van der Waals surface area contributed by atoms with E-state index < -0.39 is 0 Å². The van der Waals surface area contributed by atoms with Gasteiger partial charge in [-0.05, 0) is 24.6 Å². The van der Waals surface area contributed by atoms with Crippen LogP contribution in [0, 0.1) is 0 Å². The average molecular weight is 270 g/mol. The molecule has 1 amide bonds. The molecule has 0 bridgehead atoms. The number of pyridine rings is 1. The molecule has 0 aromatic carbocycles. The van der Waals surface area contributed by atoms with Gasteiger partial charge in [-0.1, -0.05) is 0 Å². The van der Waals surface area contributed by atoms with Crippen LogP contribution in [0.5, 0.6) is 0 Å². The summed E-state index contributed by atoms with van der Waals surface area (Å²) >= 11 is 0. The standard InChI is InChI=1S/C13H14N6O/c1-9(10-4-14-5-10)13(20)18-11-2-3-12(16-6-11)19-8-15-7-17-19/h2-3,6-8,14H,4-5H2,1H3,(H,18,20). The molecule has 0 spiro atoms. The Bertz CT molecular complexity index is 638. The minimum absolute atomic E-state index is 0.0863. The Labute approximate surface area is 115 Å². The zero-order valence-electron chi connectivity index (χ0n) is 11.0. The molecule has 102 valence electrons. The van der Waals surface area contributed by atoms with Gasteiger partial charge in [-0.2, -0.15) is 5.10 Å². The molecule has 1 fully saturated rings. The van der Waals surface area contributed by atoms with Gasteiger partial charge in [-0.3, -0.25) is 4.79 Å². The Kier molecular flexibility index (Phi) is 3.26. The fraction of sp³-hybridized carbons (Fsp3) is 0.231. The van der Waals surface area contributed by atoms with Crippen molar-refractivity contribution in [3.05, 3.63) is 42.1 Å². The highest BCUT2D eigenvalue weighted by atomic mass is 16.1. The summed E-state index contributed by atoms with van der Waals surface area (Å²) in [5.74, 6) is 0.565. The zero-order valence-corrected chi connectivity index (χ0v) is 11.0. The van der Waals surface area contributed by atoms with Crippen molar-refractivity contribution in [2.24, 2.45) is 0 Å². The first-order chi connectivity index (χ1) is 9.74. The van der Waals surface area contributed by atoms with Crippen molar-refractivity contribution < 1.29 is 4.79 Å². The minimum Gasteiger partial charge on any atom is -0.321 e. The number of aromatic nitrogens is 4. The van der Waals surface area contributed by atoms with Crippen LogP contribution < -0.4 is 10.6 Å². The summed E-state index contributed by atoms with van der Waals surface area (Å²) in [7, 11) is 0. The van der Waals surface area contributed by atoms with Gasteiger partial charge in [0.05, 0.1) is 11.9 Å². The average Bonchev–Trinajstić information content (AvgIpc) is 2.91. The minimum atomic E-state index is -0.0863. The van der Waals surface area contributed by atoms with Gasteiger partial charge >= 0.3 is 0 Å². The summed E-state index contributed by atoms with van der Waals surface area (Å²) in [6.07, 6.45) is 4.62. The number of hydrogen-bond acceptors (Lipinski definition) is 5. The largest absolute Gasteiger partial charge is 0.321 e. The highest BCUT2D eigenvalue weighted by molar-refractivity contribution is 6.04. The first-order valence-corrected chi connectivity index (χ1v) is 6.26. The van der Waals surface area contributed by atoms with Gasteiger partial charge in [0.1, 0.15) is 12.7 Å². The lowest BCUT2D eigenvalue weighted by Crippen LogP contribution is -2.36. The van der Waals surface area contributed by atoms with Crippen LogP contribution in [-0.2, 0) is 4.79 Å². The van der Waals surface area contributed by atoms with E-state index in [4.69, 9.17) is 0 Å². The lowest BCUT2D eigenvalue weighted by Gasteiger charge is -2.21. The topological polar surface area (TPSA) is 84.7 Å². The highest BCUT2D eigenvalue weighted by Crippen LogP contribution is 2.13. The van der Waals surface area contributed by atoms with Crippen LogP contribution in [0.15, 0.2) is 42.1 Å². The molecule has 20 heavy (non-hydrogen) atoms. The monoisotopic (exact) mass is 270 g/mol. The number of nitrogens with zero attached hydrogens (tertiary/aromatic N) is 4. The molecule has 2 aromatic heterocycles. The first kappa shape index (κ1) is 12.5. The van der Waals surface area contributed by atoms with E-state index in [0.29, 0.717) is 11.5 Å². The molecule has 0 atom stereocenters. The molecule has 1 aliphatic heterocycles. The number of hydrogen-bond donors (Lipinski definition) is 2. The molecule has 0 unspecified atom stereocenters. The van der Waals surface area contributed by atoms with Gasteiger partial charge in [0.2, 0.25) is 0 Å². The predicted octanol–water partition coefficient (Wildman–Crippen LogP) is 0.520. The fourth-order valence-corrected chi connectivity index (χ4v) is 1.82. The van der Waals surface area contributed by atoms with E-state index in [2.05, 4.69) is 25.7 Å². The van der Waals surface area contributed by atoms with Gasteiger partial charge in [-0.15, -0.1) is 0 Å². The van der Waals surface area contributed by atoms with Gasteiger partial charge in [0.25, 0.3) is 5.91 Å². The van der Waals surface area contributed by atoms with Crippen LogP contribution >= 0.6 is 0 Å². The third kappa shape index (κ3) is 2.43. The maximum Gasteiger partial charge on any atom is 0.251 e. The number of carbonyl (C=O) groups is 1. The Morgan fingerprint density at radius 3 is 2.80 bits per heavy atom. The van der Waals surface area contributed by atoms with Crippen molar-refractivity contribution in [3.8, 4) is 5.82 Å². The maximum atomic E-state index is 12.0. The highest BCUT2D eigenvalue weighted by Gasteiger charge is 2.16. The summed E-state index contributed by atoms with van der Waals surface area (Å²) in [6, 6.07) is 3.57. The number of rotatable bonds is 3. The normalized spacial score (nSPS) is 13.8. The molecule has 1 saturated heterocycles. The summed E-state index contributed by atoms with van der Waals surface area (Å²) < 4.78 is 1.55.